The summed E-state index contributed by atoms with van der Waals surface area (Å²) < 4.78 is 38.4. The van der Waals surface area contributed by atoms with Crippen LogP contribution in [0.15, 0.2) is 30.3 Å². The summed E-state index contributed by atoms with van der Waals surface area (Å²) in [4.78, 5) is 0. The van der Waals surface area contributed by atoms with Crippen LogP contribution in [0.25, 0.3) is 10.9 Å². The Kier molecular flexibility index (Phi) is 2.25. The van der Waals surface area contributed by atoms with Gasteiger partial charge in [-0.15, -0.1) is 0 Å². The van der Waals surface area contributed by atoms with Gasteiger partial charge in [0.1, 0.15) is 0 Å². The first-order valence-corrected chi connectivity index (χ1v) is 4.73. The normalized spacial score (nSPS) is 12.3. The van der Waals surface area contributed by atoms with Crippen LogP contribution in [0.2, 0.25) is 0 Å². The zero-order valence-electron chi connectivity index (χ0n) is 8.25. The highest BCUT2D eigenvalue weighted by Gasteiger charge is 2.24. The number of aryl methyl sites for hydroxylation is 1. The minimum atomic E-state index is -4.79. The number of nitrogens with zero attached hydrogens (tertiary/aromatic N) is 1. The molecule has 2 rings (SSSR count). The third kappa shape index (κ3) is 2.01. The average Bonchev–Trinajstić information content (AvgIpc) is 2.41. The molecule has 0 radical (unpaired) electrons. The Morgan fingerprint density at radius 3 is 2.53 bits per heavy atom. The molecule has 0 aliphatic rings. The lowest BCUT2D eigenvalue weighted by molar-refractivity contribution is 0.446. The molecule has 0 N–H and O–H groups in total. The van der Waals surface area contributed by atoms with Crippen LogP contribution >= 0.6 is 0 Å². The molecule has 2 aromatic rings. The second-order valence-corrected chi connectivity index (χ2v) is 3.67. The first-order chi connectivity index (χ1) is 6.97. The van der Waals surface area contributed by atoms with Gasteiger partial charge in [0.2, 0.25) is 0 Å². The highest BCUT2D eigenvalue weighted by molar-refractivity contribution is 6.57. The molecule has 0 atom stereocenters. The molecule has 15 heavy (non-hydrogen) atoms. The Labute approximate surface area is 85.6 Å². The van der Waals surface area contributed by atoms with E-state index in [2.05, 4.69) is 0 Å². The van der Waals surface area contributed by atoms with Crippen molar-refractivity contribution in [2.24, 2.45) is 0 Å². The molecule has 0 fully saturated rings. The van der Waals surface area contributed by atoms with Crippen molar-refractivity contribution in [3.05, 3.63) is 36.0 Å². The third-order valence-corrected chi connectivity index (χ3v) is 2.41. The van der Waals surface area contributed by atoms with Crippen molar-refractivity contribution in [3.8, 4) is 0 Å². The summed E-state index contributed by atoms with van der Waals surface area (Å²) in [6.45, 7) is -3.10. The minimum absolute atomic E-state index is 0.647. The summed E-state index contributed by atoms with van der Waals surface area (Å²) in [5, 5.41) is 0.857. The Morgan fingerprint density at radius 1 is 1.20 bits per heavy atom. The van der Waals surface area contributed by atoms with E-state index in [0.29, 0.717) is 11.2 Å². The number of para-hydroxylation sites is 1. The van der Waals surface area contributed by atoms with Crippen molar-refractivity contribution in [2.75, 3.05) is 0 Å². The van der Waals surface area contributed by atoms with Crippen LogP contribution in [0.4, 0.5) is 12.9 Å². The highest BCUT2D eigenvalue weighted by atomic mass is 19.4. The van der Waals surface area contributed by atoms with Crippen molar-refractivity contribution < 1.29 is 12.9 Å². The molecule has 1 aromatic heterocycles. The van der Waals surface area contributed by atoms with Crippen LogP contribution in [-0.4, -0.2) is 11.5 Å². The number of benzene rings is 1. The number of aromatic nitrogens is 1. The lowest BCUT2D eigenvalue weighted by atomic mass is 9.92. The Hall–Kier alpha value is -1.39. The van der Waals surface area contributed by atoms with Gasteiger partial charge in [-0.2, -0.15) is 0 Å². The molecule has 5 heteroatoms. The molecule has 0 saturated carbocycles. The molecule has 0 unspecified atom stereocenters. The monoisotopic (exact) mass is 212 g/mol. The van der Waals surface area contributed by atoms with Gasteiger partial charge in [-0.25, -0.2) is 0 Å². The summed E-state index contributed by atoms with van der Waals surface area (Å²) in [7, 11) is 0. The van der Waals surface area contributed by atoms with Gasteiger partial charge in [0, 0.05) is 11.2 Å². The molecule has 0 saturated heterocycles. The molecule has 0 aliphatic carbocycles. The average molecular weight is 212 g/mol. The van der Waals surface area contributed by atoms with E-state index in [4.69, 9.17) is 0 Å². The molecular weight excluding hydrogens is 202 g/mol. The molecule has 0 amide bonds. The van der Waals surface area contributed by atoms with E-state index in [0.717, 1.165) is 5.39 Å². The summed E-state index contributed by atoms with van der Waals surface area (Å²) in [5.74, 6) is 0. The molecule has 0 bridgehead atoms. The number of hydrogen-bond donors (Lipinski definition) is 0. The third-order valence-electron chi connectivity index (χ3n) is 2.41. The summed E-state index contributed by atoms with van der Waals surface area (Å²) in [6, 6.07) is 8.88. The van der Waals surface area contributed by atoms with Crippen LogP contribution in [0.1, 0.15) is 5.69 Å². The van der Waals surface area contributed by atoms with Crippen molar-refractivity contribution in [3.63, 3.8) is 0 Å². The molecule has 1 nitrogen and oxygen atoms in total. The van der Waals surface area contributed by atoms with Gasteiger partial charge in [-0.05, 0) is 30.9 Å². The van der Waals surface area contributed by atoms with Crippen molar-refractivity contribution in [2.45, 2.75) is 13.4 Å². The highest BCUT2D eigenvalue weighted by Crippen LogP contribution is 2.22. The van der Waals surface area contributed by atoms with Gasteiger partial charge in [0.15, 0.2) is 0 Å². The first-order valence-electron chi connectivity index (χ1n) is 4.73. The summed E-state index contributed by atoms with van der Waals surface area (Å²) in [6.07, 6.45) is -0.862. The van der Waals surface area contributed by atoms with Crippen molar-refractivity contribution >= 4 is 17.9 Å². The topological polar surface area (TPSA) is 4.93 Å². The fourth-order valence-electron chi connectivity index (χ4n) is 1.80. The van der Waals surface area contributed by atoms with E-state index in [9.17, 15) is 12.9 Å². The van der Waals surface area contributed by atoms with Gasteiger partial charge >= 0.3 is 6.98 Å². The summed E-state index contributed by atoms with van der Waals surface area (Å²) in [5.41, 5.74) is 1.30. The van der Waals surface area contributed by atoms with Gasteiger partial charge in [0.05, 0.1) is 0 Å². The Bertz CT molecular complexity index is 487. The number of hydrogen-bond acceptors (Lipinski definition) is 0. The fourth-order valence-corrected chi connectivity index (χ4v) is 1.80. The molecular formula is C10H10BF3N-. The van der Waals surface area contributed by atoms with Gasteiger partial charge in [-0.3, -0.25) is 0 Å². The maximum absolute atomic E-state index is 12.4. The standard InChI is InChI=1S/C10H10BF3N/c1-8-6-9-4-2-3-5-10(9)15(8)7-11(12,13)14/h2-6H,7H2,1H3/q-1. The van der Waals surface area contributed by atoms with Crippen molar-refractivity contribution in [1.82, 2.24) is 4.57 Å². The van der Waals surface area contributed by atoms with E-state index in [1.54, 1.807) is 25.1 Å². The molecule has 1 aromatic carbocycles. The van der Waals surface area contributed by atoms with E-state index in [-0.39, 0.29) is 0 Å². The predicted molar refractivity (Wildman–Crippen MR) is 55.8 cm³/mol. The Morgan fingerprint density at radius 2 is 1.87 bits per heavy atom. The van der Waals surface area contributed by atoms with E-state index >= 15 is 0 Å². The lowest BCUT2D eigenvalue weighted by Crippen LogP contribution is -2.24. The predicted octanol–water partition coefficient (Wildman–Crippen LogP) is 3.34. The first kappa shape index (κ1) is 10.1. The van der Waals surface area contributed by atoms with Crippen LogP contribution in [0, 0.1) is 6.92 Å². The number of rotatable bonds is 2. The van der Waals surface area contributed by atoms with Gasteiger partial charge in [-0.1, -0.05) is 18.2 Å². The van der Waals surface area contributed by atoms with Gasteiger partial charge in [0.25, 0.3) is 0 Å². The largest absolute Gasteiger partial charge is 0.497 e. The van der Waals surface area contributed by atoms with Gasteiger partial charge < -0.3 is 17.5 Å². The molecule has 80 valence electrons. The minimum Gasteiger partial charge on any atom is -0.448 e. The molecule has 0 spiro atoms. The van der Waals surface area contributed by atoms with E-state index < -0.39 is 13.4 Å². The second-order valence-electron chi connectivity index (χ2n) is 3.67. The smallest absolute Gasteiger partial charge is 0.448 e. The van der Waals surface area contributed by atoms with E-state index in [1.807, 2.05) is 12.1 Å². The number of halogens is 3. The summed E-state index contributed by atoms with van der Waals surface area (Å²) >= 11 is 0. The number of fused-ring (bicyclic) bond motifs is 1. The van der Waals surface area contributed by atoms with Crippen molar-refractivity contribution in [1.29, 1.82) is 0 Å². The zero-order valence-corrected chi connectivity index (χ0v) is 8.25. The SMILES string of the molecule is Cc1cc2ccccc2n1C[B-](F)(F)F. The van der Waals surface area contributed by atoms with Crippen LogP contribution in [0.5, 0.6) is 0 Å². The zero-order chi connectivity index (χ0) is 11.1. The fraction of sp³-hybridized carbons (Fsp3) is 0.200. The van der Waals surface area contributed by atoms with Crippen LogP contribution in [-0.2, 0) is 6.44 Å². The van der Waals surface area contributed by atoms with Crippen LogP contribution in [0.3, 0.4) is 0 Å². The maximum Gasteiger partial charge on any atom is 0.497 e. The molecule has 0 aliphatic heterocycles. The molecule has 1 heterocycles. The quantitative estimate of drug-likeness (QED) is 0.672. The van der Waals surface area contributed by atoms with Crippen LogP contribution < -0.4 is 0 Å². The lowest BCUT2D eigenvalue weighted by Gasteiger charge is -2.17. The maximum atomic E-state index is 12.4. The second kappa shape index (κ2) is 3.33. The Balaban J connectivity index is 2.54. The van der Waals surface area contributed by atoms with E-state index in [1.165, 1.54) is 4.57 Å².